The number of ether oxygens (including phenoxy) is 1. The monoisotopic (exact) mass is 331 g/mol. The second kappa shape index (κ2) is 8.38. The summed E-state index contributed by atoms with van der Waals surface area (Å²) in [5.74, 6) is 0.330. The van der Waals surface area contributed by atoms with Gasteiger partial charge in [0.1, 0.15) is 6.54 Å². The van der Waals surface area contributed by atoms with Crippen LogP contribution >= 0.6 is 0 Å². The van der Waals surface area contributed by atoms with Gasteiger partial charge < -0.3 is 20.7 Å². The highest BCUT2D eigenvalue weighted by Crippen LogP contribution is 2.25. The lowest BCUT2D eigenvalue weighted by Gasteiger charge is -2.20. The number of benzene rings is 1. The van der Waals surface area contributed by atoms with Gasteiger partial charge in [-0.25, -0.2) is 0 Å². The van der Waals surface area contributed by atoms with Crippen LogP contribution in [0.25, 0.3) is 0 Å². The molecule has 0 saturated carbocycles. The number of anilines is 1. The second-order valence-corrected chi connectivity index (χ2v) is 5.82. The van der Waals surface area contributed by atoms with Crippen LogP contribution in [0.15, 0.2) is 30.6 Å². The van der Waals surface area contributed by atoms with Gasteiger partial charge in [0.2, 0.25) is 5.91 Å². The molecule has 0 radical (unpaired) electrons. The molecule has 0 spiro atoms. The number of carbonyl (C=O) groups is 2. The van der Waals surface area contributed by atoms with Crippen LogP contribution < -0.4 is 16.0 Å². The minimum Gasteiger partial charge on any atom is -0.465 e. The third-order valence-corrected chi connectivity index (χ3v) is 3.90. The predicted octanol–water partition coefficient (Wildman–Crippen LogP) is 2.24. The molecular weight excluding hydrogens is 306 g/mol. The molecule has 1 aromatic carbocycles. The smallest absolute Gasteiger partial charge is 0.325 e. The van der Waals surface area contributed by atoms with E-state index in [4.69, 9.17) is 4.74 Å². The van der Waals surface area contributed by atoms with E-state index in [0.29, 0.717) is 18.8 Å². The van der Waals surface area contributed by atoms with E-state index in [9.17, 15) is 9.59 Å². The summed E-state index contributed by atoms with van der Waals surface area (Å²) in [6, 6.07) is 6.06. The molecule has 1 unspecified atom stereocenters. The molecule has 6 heteroatoms. The van der Waals surface area contributed by atoms with E-state index in [1.807, 2.05) is 19.1 Å². The summed E-state index contributed by atoms with van der Waals surface area (Å²) in [6.45, 7) is 8.12. The molecule has 0 saturated heterocycles. The number of aryl methyl sites for hydroxylation is 1. The zero-order chi connectivity index (χ0) is 17.5. The number of amides is 1. The fourth-order valence-electron chi connectivity index (χ4n) is 2.65. The Labute approximate surface area is 142 Å². The van der Waals surface area contributed by atoms with Crippen LogP contribution in [0.3, 0.4) is 0 Å². The van der Waals surface area contributed by atoms with Gasteiger partial charge in [-0.3, -0.25) is 9.59 Å². The molecule has 0 bridgehead atoms. The Bertz CT molecular complexity index is 628. The topological polar surface area (TPSA) is 79.5 Å². The number of carbonyl (C=O) groups excluding carboxylic acids is 2. The maximum atomic E-state index is 11.6. The number of esters is 1. The largest absolute Gasteiger partial charge is 0.465 e. The molecule has 1 heterocycles. The first-order valence-electron chi connectivity index (χ1n) is 8.27. The molecule has 1 atom stereocenters. The van der Waals surface area contributed by atoms with E-state index in [0.717, 1.165) is 29.7 Å². The summed E-state index contributed by atoms with van der Waals surface area (Å²) in [5.41, 5.74) is 3.15. The zero-order valence-electron chi connectivity index (χ0n) is 14.3. The average molecular weight is 331 g/mol. The first-order valence-corrected chi connectivity index (χ1v) is 8.27. The SMILES string of the molecule is C=C(NCC(=O)OCC)NC(C)c1ccc2c(c1)CCCC(=O)N2. The van der Waals surface area contributed by atoms with E-state index < -0.39 is 0 Å². The lowest BCUT2D eigenvalue weighted by Crippen LogP contribution is -2.32. The molecule has 1 aliphatic rings. The van der Waals surface area contributed by atoms with Gasteiger partial charge in [-0.2, -0.15) is 0 Å². The fraction of sp³-hybridized carbons (Fsp3) is 0.444. The van der Waals surface area contributed by atoms with Crippen LogP contribution in [0, 0.1) is 0 Å². The molecule has 0 fully saturated rings. The third-order valence-electron chi connectivity index (χ3n) is 3.90. The third kappa shape index (κ3) is 5.01. The Morgan fingerprint density at radius 2 is 2.21 bits per heavy atom. The quantitative estimate of drug-likeness (QED) is 0.668. The maximum Gasteiger partial charge on any atom is 0.325 e. The molecule has 0 aromatic heterocycles. The van der Waals surface area contributed by atoms with E-state index in [1.54, 1.807) is 6.92 Å². The standard InChI is InChI=1S/C18H25N3O3/c1-4-24-18(23)11-19-13(3)20-12(2)14-8-9-16-15(10-14)6-5-7-17(22)21-16/h8-10,12,19-20H,3-7,11H2,1-2H3,(H,21,22). The molecule has 1 amide bonds. The van der Waals surface area contributed by atoms with Gasteiger partial charge in [0.15, 0.2) is 0 Å². The lowest BCUT2D eigenvalue weighted by molar-refractivity contribution is -0.141. The summed E-state index contributed by atoms with van der Waals surface area (Å²) in [4.78, 5) is 22.9. The Morgan fingerprint density at radius 1 is 1.42 bits per heavy atom. The minimum atomic E-state index is -0.311. The van der Waals surface area contributed by atoms with Crippen molar-refractivity contribution in [3.8, 4) is 0 Å². The summed E-state index contributed by atoms with van der Waals surface area (Å²) in [5, 5.41) is 9.07. The van der Waals surface area contributed by atoms with Gasteiger partial charge in [0.05, 0.1) is 12.4 Å². The van der Waals surface area contributed by atoms with E-state index >= 15 is 0 Å². The van der Waals surface area contributed by atoms with Crippen LogP contribution in [0.1, 0.15) is 43.9 Å². The fourth-order valence-corrected chi connectivity index (χ4v) is 2.65. The lowest BCUT2D eigenvalue weighted by atomic mass is 10.0. The van der Waals surface area contributed by atoms with Crippen molar-refractivity contribution in [1.82, 2.24) is 10.6 Å². The summed E-state index contributed by atoms with van der Waals surface area (Å²) >= 11 is 0. The van der Waals surface area contributed by atoms with Gasteiger partial charge in [0, 0.05) is 18.2 Å². The first-order chi connectivity index (χ1) is 11.5. The van der Waals surface area contributed by atoms with Crippen molar-refractivity contribution in [2.24, 2.45) is 0 Å². The normalized spacial score (nSPS) is 14.7. The number of rotatable bonds is 7. The van der Waals surface area contributed by atoms with Gasteiger partial charge in [0.25, 0.3) is 0 Å². The second-order valence-electron chi connectivity index (χ2n) is 5.82. The van der Waals surface area contributed by atoms with Gasteiger partial charge >= 0.3 is 5.97 Å². The van der Waals surface area contributed by atoms with Crippen LogP contribution in [-0.2, 0) is 20.7 Å². The zero-order valence-corrected chi connectivity index (χ0v) is 14.3. The maximum absolute atomic E-state index is 11.6. The number of hydrogen-bond donors (Lipinski definition) is 3. The summed E-state index contributed by atoms with van der Waals surface area (Å²) in [7, 11) is 0. The van der Waals surface area contributed by atoms with Gasteiger partial charge in [-0.05, 0) is 43.9 Å². The Balaban J connectivity index is 1.94. The number of hydrogen-bond acceptors (Lipinski definition) is 5. The van der Waals surface area contributed by atoms with Crippen molar-refractivity contribution in [1.29, 1.82) is 0 Å². The van der Waals surface area contributed by atoms with Crippen LogP contribution in [-0.4, -0.2) is 25.0 Å². The van der Waals surface area contributed by atoms with E-state index in [-0.39, 0.29) is 24.5 Å². The van der Waals surface area contributed by atoms with Crippen LogP contribution in [0.4, 0.5) is 5.69 Å². The molecule has 0 aliphatic carbocycles. The highest BCUT2D eigenvalue weighted by Gasteiger charge is 2.15. The molecule has 3 N–H and O–H groups in total. The molecule has 2 rings (SSSR count). The first kappa shape index (κ1) is 17.8. The summed E-state index contributed by atoms with van der Waals surface area (Å²) < 4.78 is 4.86. The van der Waals surface area contributed by atoms with Crippen molar-refractivity contribution in [2.75, 3.05) is 18.5 Å². The summed E-state index contributed by atoms with van der Waals surface area (Å²) in [6.07, 6.45) is 2.31. The highest BCUT2D eigenvalue weighted by molar-refractivity contribution is 5.92. The number of fused-ring (bicyclic) bond motifs is 1. The Morgan fingerprint density at radius 3 is 2.96 bits per heavy atom. The van der Waals surface area contributed by atoms with Crippen molar-refractivity contribution >= 4 is 17.6 Å². The van der Waals surface area contributed by atoms with Crippen LogP contribution in [0.2, 0.25) is 0 Å². The Kier molecular flexibility index (Phi) is 6.23. The predicted molar refractivity (Wildman–Crippen MR) is 93.3 cm³/mol. The van der Waals surface area contributed by atoms with Crippen molar-refractivity contribution in [3.63, 3.8) is 0 Å². The minimum absolute atomic E-state index is 0.0245. The van der Waals surface area contributed by atoms with Crippen molar-refractivity contribution < 1.29 is 14.3 Å². The van der Waals surface area contributed by atoms with E-state index in [2.05, 4.69) is 28.6 Å². The molecule has 1 aromatic rings. The molecule has 130 valence electrons. The molecule has 1 aliphatic heterocycles. The van der Waals surface area contributed by atoms with Crippen LogP contribution in [0.5, 0.6) is 0 Å². The molecular formula is C18H25N3O3. The number of nitrogens with one attached hydrogen (secondary N) is 3. The van der Waals surface area contributed by atoms with Gasteiger partial charge in [-0.1, -0.05) is 18.7 Å². The van der Waals surface area contributed by atoms with Crippen molar-refractivity contribution in [3.05, 3.63) is 41.7 Å². The average Bonchev–Trinajstić information content (AvgIpc) is 2.73. The van der Waals surface area contributed by atoms with Crippen molar-refractivity contribution in [2.45, 2.75) is 39.2 Å². The Hall–Kier alpha value is -2.50. The highest BCUT2D eigenvalue weighted by atomic mass is 16.5. The van der Waals surface area contributed by atoms with E-state index in [1.165, 1.54) is 0 Å². The molecule has 24 heavy (non-hydrogen) atoms. The van der Waals surface area contributed by atoms with Gasteiger partial charge in [-0.15, -0.1) is 0 Å². The molecule has 6 nitrogen and oxygen atoms in total.